The molecule has 0 saturated heterocycles. The molecule has 0 unspecified atom stereocenters. The molecule has 0 aliphatic heterocycles. The van der Waals surface area contributed by atoms with E-state index in [9.17, 15) is 5.11 Å². The monoisotopic (exact) mass is 233 g/mol. The summed E-state index contributed by atoms with van der Waals surface area (Å²) in [6.45, 7) is 4.17. The molecule has 2 aromatic rings. The van der Waals surface area contributed by atoms with E-state index < -0.39 is 0 Å². The fourth-order valence-corrected chi connectivity index (χ4v) is 2.43. The van der Waals surface area contributed by atoms with Gasteiger partial charge in [-0.25, -0.2) is 0 Å². The number of rotatable bonds is 3. The maximum Gasteiger partial charge on any atom is 0.125 e. The Balaban J connectivity index is 2.47. The summed E-state index contributed by atoms with van der Waals surface area (Å²) in [7, 11) is 0. The van der Waals surface area contributed by atoms with Gasteiger partial charge in [-0.3, -0.25) is 0 Å². The van der Waals surface area contributed by atoms with Gasteiger partial charge in [0.2, 0.25) is 0 Å². The number of phenols is 1. The molecular formula is C13H15NOS. The number of hydrogen-bond acceptors (Lipinski definition) is 3. The minimum atomic E-state index is 0.314. The SMILES string of the molecule is CCCc1ccc(O)c(-c2nscc2C)c1. The molecule has 1 heterocycles. The van der Waals surface area contributed by atoms with Crippen LogP contribution in [-0.2, 0) is 6.42 Å². The zero-order valence-corrected chi connectivity index (χ0v) is 10.3. The van der Waals surface area contributed by atoms with Crippen molar-refractivity contribution in [3.05, 3.63) is 34.7 Å². The summed E-state index contributed by atoms with van der Waals surface area (Å²) in [5, 5.41) is 11.9. The van der Waals surface area contributed by atoms with Crippen LogP contribution in [0.3, 0.4) is 0 Å². The van der Waals surface area contributed by atoms with Gasteiger partial charge in [0.1, 0.15) is 5.75 Å². The van der Waals surface area contributed by atoms with Crippen LogP contribution in [-0.4, -0.2) is 9.48 Å². The average Bonchev–Trinajstić information content (AvgIpc) is 2.68. The molecule has 1 aromatic heterocycles. The Hall–Kier alpha value is -1.35. The highest BCUT2D eigenvalue weighted by atomic mass is 32.1. The van der Waals surface area contributed by atoms with Gasteiger partial charge in [0, 0.05) is 10.9 Å². The first-order valence-corrected chi connectivity index (χ1v) is 6.29. The molecule has 0 aliphatic carbocycles. The minimum Gasteiger partial charge on any atom is -0.507 e. The molecule has 1 aromatic carbocycles. The van der Waals surface area contributed by atoms with Crippen LogP contribution in [0.2, 0.25) is 0 Å². The molecule has 0 saturated carbocycles. The molecule has 0 aliphatic rings. The van der Waals surface area contributed by atoms with Gasteiger partial charge in [0.05, 0.1) is 5.69 Å². The van der Waals surface area contributed by atoms with E-state index in [0.717, 1.165) is 29.7 Å². The molecular weight excluding hydrogens is 218 g/mol. The number of aryl methyl sites for hydroxylation is 2. The van der Waals surface area contributed by atoms with Gasteiger partial charge in [0.15, 0.2) is 0 Å². The number of aromatic nitrogens is 1. The Morgan fingerprint density at radius 2 is 2.19 bits per heavy atom. The molecule has 16 heavy (non-hydrogen) atoms. The summed E-state index contributed by atoms with van der Waals surface area (Å²) in [5.74, 6) is 0.314. The quantitative estimate of drug-likeness (QED) is 0.875. The first-order chi connectivity index (χ1) is 7.72. The van der Waals surface area contributed by atoms with Gasteiger partial charge in [0.25, 0.3) is 0 Å². The maximum absolute atomic E-state index is 9.86. The van der Waals surface area contributed by atoms with Gasteiger partial charge in [-0.15, -0.1) is 0 Å². The summed E-state index contributed by atoms with van der Waals surface area (Å²) in [6, 6.07) is 5.78. The first-order valence-electron chi connectivity index (χ1n) is 5.45. The van der Waals surface area contributed by atoms with Crippen LogP contribution in [0.15, 0.2) is 23.6 Å². The normalized spacial score (nSPS) is 10.6. The summed E-state index contributed by atoms with van der Waals surface area (Å²) in [6.07, 6.45) is 2.15. The van der Waals surface area contributed by atoms with Crippen LogP contribution in [0.5, 0.6) is 5.75 Å². The van der Waals surface area contributed by atoms with E-state index in [1.165, 1.54) is 17.1 Å². The topological polar surface area (TPSA) is 33.1 Å². The third-order valence-corrected chi connectivity index (χ3v) is 3.35. The largest absolute Gasteiger partial charge is 0.507 e. The number of hydrogen-bond donors (Lipinski definition) is 1. The second kappa shape index (κ2) is 4.66. The number of aromatic hydroxyl groups is 1. The van der Waals surface area contributed by atoms with Crippen LogP contribution >= 0.6 is 11.5 Å². The molecule has 2 rings (SSSR count). The highest BCUT2D eigenvalue weighted by Gasteiger charge is 2.10. The Morgan fingerprint density at radius 1 is 1.38 bits per heavy atom. The lowest BCUT2D eigenvalue weighted by atomic mass is 10.0. The first kappa shape index (κ1) is 11.1. The maximum atomic E-state index is 9.86. The lowest BCUT2D eigenvalue weighted by molar-refractivity contribution is 0.477. The molecule has 0 bridgehead atoms. The van der Waals surface area contributed by atoms with Crippen LogP contribution < -0.4 is 0 Å². The minimum absolute atomic E-state index is 0.314. The van der Waals surface area contributed by atoms with Crippen molar-refractivity contribution in [2.75, 3.05) is 0 Å². The van der Waals surface area contributed by atoms with E-state index in [-0.39, 0.29) is 0 Å². The Bertz CT molecular complexity index is 490. The zero-order chi connectivity index (χ0) is 11.5. The average molecular weight is 233 g/mol. The molecule has 0 radical (unpaired) electrons. The van der Waals surface area contributed by atoms with Crippen LogP contribution in [0.1, 0.15) is 24.5 Å². The van der Waals surface area contributed by atoms with Crippen molar-refractivity contribution in [2.24, 2.45) is 0 Å². The van der Waals surface area contributed by atoms with Crippen LogP contribution in [0, 0.1) is 6.92 Å². The third-order valence-electron chi connectivity index (χ3n) is 2.60. The standard InChI is InChI=1S/C13H15NOS/c1-3-4-10-5-6-12(15)11(7-10)13-9(2)8-16-14-13/h5-8,15H,3-4H2,1-2H3. The molecule has 0 fully saturated rings. The predicted molar refractivity (Wildman–Crippen MR) is 67.9 cm³/mol. The Kier molecular flexibility index (Phi) is 3.25. The molecule has 3 heteroatoms. The summed E-state index contributed by atoms with van der Waals surface area (Å²) >= 11 is 1.43. The highest BCUT2D eigenvalue weighted by Crippen LogP contribution is 2.32. The van der Waals surface area contributed by atoms with Crippen molar-refractivity contribution in [1.29, 1.82) is 0 Å². The molecule has 0 atom stereocenters. The van der Waals surface area contributed by atoms with Crippen molar-refractivity contribution in [3.63, 3.8) is 0 Å². The van der Waals surface area contributed by atoms with Gasteiger partial charge < -0.3 is 5.11 Å². The fourth-order valence-electron chi connectivity index (χ4n) is 1.76. The summed E-state index contributed by atoms with van der Waals surface area (Å²) < 4.78 is 4.33. The lowest BCUT2D eigenvalue weighted by Crippen LogP contribution is -1.87. The second-order valence-corrected chi connectivity index (χ2v) is 4.58. The van der Waals surface area contributed by atoms with Crippen molar-refractivity contribution < 1.29 is 5.11 Å². The fraction of sp³-hybridized carbons (Fsp3) is 0.308. The molecule has 0 amide bonds. The third kappa shape index (κ3) is 2.09. The molecule has 2 nitrogen and oxygen atoms in total. The van der Waals surface area contributed by atoms with Gasteiger partial charge in [-0.05, 0) is 48.1 Å². The van der Waals surface area contributed by atoms with Crippen molar-refractivity contribution in [3.8, 4) is 17.0 Å². The second-order valence-electron chi connectivity index (χ2n) is 3.95. The summed E-state index contributed by atoms with van der Waals surface area (Å²) in [5.41, 5.74) is 4.13. The lowest BCUT2D eigenvalue weighted by Gasteiger charge is -2.06. The van der Waals surface area contributed by atoms with Crippen molar-refractivity contribution in [1.82, 2.24) is 4.37 Å². The van der Waals surface area contributed by atoms with E-state index in [0.29, 0.717) is 5.75 Å². The molecule has 1 N–H and O–H groups in total. The van der Waals surface area contributed by atoms with E-state index in [1.807, 2.05) is 24.4 Å². The van der Waals surface area contributed by atoms with Gasteiger partial charge in [-0.1, -0.05) is 19.4 Å². The van der Waals surface area contributed by atoms with E-state index in [1.54, 1.807) is 6.07 Å². The van der Waals surface area contributed by atoms with E-state index >= 15 is 0 Å². The Morgan fingerprint density at radius 3 is 2.81 bits per heavy atom. The number of phenolic OH excluding ortho intramolecular Hbond substituents is 1. The number of nitrogens with zero attached hydrogens (tertiary/aromatic N) is 1. The predicted octanol–water partition coefficient (Wildman–Crippen LogP) is 3.78. The van der Waals surface area contributed by atoms with E-state index in [2.05, 4.69) is 11.3 Å². The van der Waals surface area contributed by atoms with Crippen molar-refractivity contribution in [2.45, 2.75) is 26.7 Å². The molecule has 0 spiro atoms. The van der Waals surface area contributed by atoms with Gasteiger partial charge >= 0.3 is 0 Å². The highest BCUT2D eigenvalue weighted by molar-refractivity contribution is 7.04. The number of benzene rings is 1. The van der Waals surface area contributed by atoms with Crippen LogP contribution in [0.4, 0.5) is 0 Å². The Labute approximate surface area is 99.7 Å². The smallest absolute Gasteiger partial charge is 0.125 e. The van der Waals surface area contributed by atoms with E-state index in [4.69, 9.17) is 0 Å². The zero-order valence-electron chi connectivity index (χ0n) is 9.53. The molecule has 84 valence electrons. The van der Waals surface area contributed by atoms with Crippen molar-refractivity contribution >= 4 is 11.5 Å². The van der Waals surface area contributed by atoms with Crippen LogP contribution in [0.25, 0.3) is 11.3 Å². The van der Waals surface area contributed by atoms with Gasteiger partial charge in [-0.2, -0.15) is 4.37 Å². The summed E-state index contributed by atoms with van der Waals surface area (Å²) in [4.78, 5) is 0.